The summed E-state index contributed by atoms with van der Waals surface area (Å²) < 4.78 is 156. The number of alkyl halides is 16. The molecule has 0 saturated carbocycles. The Bertz CT molecular complexity index is 5530. The number of rotatable bonds is 22. The second-order valence-electron chi connectivity index (χ2n) is 26.8. The molecule has 126 heavy (non-hydrogen) atoms. The summed E-state index contributed by atoms with van der Waals surface area (Å²) in [6, 6.07) is 24.7. The molecular formula is C76H66Br4F12N20O14. The molecule has 0 radical (unpaired) electrons. The van der Waals surface area contributed by atoms with Crippen molar-refractivity contribution in [2.45, 2.75) is 114 Å². The molecule has 11 N–H and O–H groups in total. The average Bonchev–Trinajstić information content (AvgIpc) is 0.880. The zero-order valence-electron chi connectivity index (χ0n) is 65.4. The fraction of sp³-hybridized carbons (Fsp3) is 0.289. The molecule has 0 aliphatic carbocycles. The fourth-order valence-corrected chi connectivity index (χ4v) is 10.2. The third-order valence-corrected chi connectivity index (χ3v) is 19.6. The molecule has 50 heteroatoms. The van der Waals surface area contributed by atoms with E-state index in [-0.39, 0.29) is 74.4 Å². The lowest BCUT2D eigenvalue weighted by Gasteiger charge is -2.22. The van der Waals surface area contributed by atoms with E-state index in [0.717, 1.165) is 84.4 Å². The van der Waals surface area contributed by atoms with Crippen LogP contribution in [0, 0.1) is 66.8 Å². The molecule has 666 valence electrons. The van der Waals surface area contributed by atoms with Crippen molar-refractivity contribution >= 4 is 156 Å². The lowest BCUT2D eigenvalue weighted by Crippen LogP contribution is -2.43. The van der Waals surface area contributed by atoms with E-state index < -0.39 is 144 Å². The number of nitro groups is 1. The normalized spacial score (nSPS) is 13.3. The molecule has 9 rings (SSSR count). The standard InChI is InChI=1S/C17H15F3N4O3.C15H12F3N5O4.C12H12BrN3O2.C11H9BrF3N3O2.C11H8BrF3N2O.C10H10BrN3O2/c1-10(25)12-7-22-24(8-12)9-16(2,27)15(26)23-13-4-3-11(6-21)14(5-13)17(18,19)20;1-14(25,8-22-7-11(6-20-22)23(26)27)13(24)21-10-3-2-9(5-19)12(4-10)15(16,17)18;1-12(18,6-13)11(17)16-9-2-3-10-8(4-9)5-14-7-15-10;1-10(20,5-12)9(19)18-6-2-7(11(13,14)15)8(3-16)17-4-6;12-4-3-10(18)17-8-2-1-7(6-16)9(5-8)11(13,14)15;1-10(16,6-11)9(15)14-8-3-2-7(4-12)13-5-8/h3-5,7-8,27H,9H2,1-2H3,(H,23,26);2-4,6-7,25H,8H2,1H3,(H,21,24);2-5,7,18H,6H2,1H3,(H,16,17);2,4,20H,5H2,1H3,(H,18,19);1-2,5H,3-4H2,(H,17,18);2-3,5,16H,6H2,1H3,(H,14,15)/t16-;14-;12-;10-;;10-/m0000.0/s1. The number of nitrogens with one attached hydrogen (secondary N) is 6. The zero-order chi connectivity index (χ0) is 95.5. The average molecular weight is 2030 g/mol. The fourth-order valence-electron chi connectivity index (χ4n) is 9.06. The summed E-state index contributed by atoms with van der Waals surface area (Å²) in [5.74, 6) is -4.56. The number of halogens is 16. The number of carbonyl (C=O) groups is 7. The SMILES string of the molecule is CC(=O)c1cnn(C[C@](C)(O)C(=O)Nc2ccc(C#N)c(C(F)(F)F)c2)c1.C[C@](O)(CBr)C(=O)Nc1ccc(C#N)nc1.C[C@](O)(CBr)C(=O)Nc1ccc2ncncc2c1.C[C@](O)(CBr)C(=O)Nc1cnc(C#N)c(C(F)(F)F)c1.C[C@](O)(Cn1cc([N+](=O)[O-])cn1)C(=O)Nc1ccc(C#N)c(C(F)(F)F)c1.N#Cc1ccc(NC(=O)CCBr)cc1C(F)(F)F. The number of fused-ring (bicyclic) bond motifs is 1. The molecule has 0 aliphatic heterocycles. The number of carbonyl (C=O) groups excluding carboxylic acids is 7. The Kier molecular flexibility index (Phi) is 37.8. The highest BCUT2D eigenvalue weighted by atomic mass is 79.9. The van der Waals surface area contributed by atoms with Crippen molar-refractivity contribution in [3.05, 3.63) is 207 Å². The summed E-state index contributed by atoms with van der Waals surface area (Å²) >= 11 is 12.1. The molecule has 5 aromatic heterocycles. The van der Waals surface area contributed by atoms with Crippen molar-refractivity contribution < 1.29 is 117 Å². The van der Waals surface area contributed by atoms with Crippen LogP contribution < -0.4 is 31.9 Å². The second-order valence-corrected chi connectivity index (χ2v) is 29.3. The number of hydrogen-bond donors (Lipinski definition) is 11. The molecule has 0 saturated heterocycles. The first kappa shape index (κ1) is 106. The topological polar surface area (TPSA) is 542 Å². The number of pyridine rings is 2. The maximum atomic E-state index is 13.0. The Balaban J connectivity index is 0.000000321. The number of anilines is 6. The van der Waals surface area contributed by atoms with Crippen LogP contribution in [0.5, 0.6) is 0 Å². The number of aromatic nitrogens is 8. The summed E-state index contributed by atoms with van der Waals surface area (Å²) in [5, 5.41) is 126. The molecule has 4 aromatic carbocycles. The molecule has 0 fully saturated rings. The maximum Gasteiger partial charge on any atom is 0.419 e. The molecule has 9 aromatic rings. The number of nitriles is 5. The van der Waals surface area contributed by atoms with Crippen molar-refractivity contribution in [1.82, 2.24) is 39.5 Å². The number of ketones is 1. The molecule has 34 nitrogen and oxygen atoms in total. The molecule has 0 spiro atoms. The summed E-state index contributed by atoms with van der Waals surface area (Å²) in [6.07, 6.45) is -8.88. The quantitative estimate of drug-likeness (QED) is 0.00987. The van der Waals surface area contributed by atoms with Gasteiger partial charge in [0.25, 0.3) is 29.5 Å². The van der Waals surface area contributed by atoms with Gasteiger partial charge < -0.3 is 57.4 Å². The van der Waals surface area contributed by atoms with Gasteiger partial charge in [-0.15, -0.1) is 0 Å². The van der Waals surface area contributed by atoms with Gasteiger partial charge in [-0.2, -0.15) is 89.2 Å². The van der Waals surface area contributed by atoms with Crippen molar-refractivity contribution in [3.8, 4) is 30.3 Å². The molecule has 5 atom stereocenters. The Hall–Kier alpha value is -12.8. The highest BCUT2D eigenvalue weighted by molar-refractivity contribution is 9.09. The van der Waals surface area contributed by atoms with Crippen LogP contribution in [0.1, 0.15) is 109 Å². The Morgan fingerprint density at radius 1 is 0.444 bits per heavy atom. The van der Waals surface area contributed by atoms with Gasteiger partial charge in [-0.3, -0.25) is 53.0 Å². The summed E-state index contributed by atoms with van der Waals surface area (Å²) in [4.78, 5) is 107. The predicted molar refractivity (Wildman–Crippen MR) is 437 cm³/mol. The van der Waals surface area contributed by atoms with Crippen LogP contribution in [0.4, 0.5) is 92.5 Å². The van der Waals surface area contributed by atoms with E-state index in [1.54, 1.807) is 30.5 Å². The molecule has 5 heterocycles. The Labute approximate surface area is 738 Å². The molecule has 0 bridgehead atoms. The second kappa shape index (κ2) is 45.2. The van der Waals surface area contributed by atoms with Crippen molar-refractivity contribution in [2.75, 3.05) is 53.2 Å². The van der Waals surface area contributed by atoms with E-state index in [0.29, 0.717) is 34.9 Å². The van der Waals surface area contributed by atoms with Gasteiger partial charge in [0, 0.05) is 68.3 Å². The van der Waals surface area contributed by atoms with E-state index in [1.165, 1.54) is 93.7 Å². The minimum absolute atomic E-state index is 0.0206. The number of nitrogens with zero attached hydrogens (tertiary/aromatic N) is 14. The van der Waals surface area contributed by atoms with Gasteiger partial charge in [0.1, 0.15) is 53.4 Å². The van der Waals surface area contributed by atoms with Gasteiger partial charge in [0.05, 0.1) is 116 Å². The highest BCUT2D eigenvalue weighted by Gasteiger charge is 2.41. The van der Waals surface area contributed by atoms with E-state index >= 15 is 0 Å². The molecule has 0 unspecified atom stereocenters. The van der Waals surface area contributed by atoms with Crippen LogP contribution in [0.3, 0.4) is 0 Å². The number of hydrogen-bond acceptors (Lipinski definition) is 25. The van der Waals surface area contributed by atoms with E-state index in [4.69, 9.17) is 26.3 Å². The monoisotopic (exact) mass is 2030 g/mol. The van der Waals surface area contributed by atoms with Crippen LogP contribution in [0.2, 0.25) is 0 Å². The van der Waals surface area contributed by atoms with Crippen molar-refractivity contribution in [2.24, 2.45) is 0 Å². The summed E-state index contributed by atoms with van der Waals surface area (Å²) in [7, 11) is 0. The third kappa shape index (κ3) is 32.0. The van der Waals surface area contributed by atoms with Gasteiger partial charge in [0.15, 0.2) is 22.7 Å². The Morgan fingerprint density at radius 3 is 1.18 bits per heavy atom. The first-order valence-corrected chi connectivity index (χ1v) is 39.2. The van der Waals surface area contributed by atoms with Gasteiger partial charge in [-0.25, -0.2) is 19.9 Å². The summed E-state index contributed by atoms with van der Waals surface area (Å²) in [6.45, 7) is 6.79. The third-order valence-electron chi connectivity index (χ3n) is 15.9. The van der Waals surface area contributed by atoms with Crippen LogP contribution >= 0.6 is 63.7 Å². The predicted octanol–water partition coefficient (Wildman–Crippen LogP) is 12.5. The largest absolute Gasteiger partial charge is 0.419 e. The van der Waals surface area contributed by atoms with Gasteiger partial charge in [0.2, 0.25) is 5.91 Å². The first-order chi connectivity index (χ1) is 58.4. The first-order valence-electron chi connectivity index (χ1n) is 34.7. The van der Waals surface area contributed by atoms with Crippen LogP contribution in [-0.2, 0) is 66.6 Å². The zero-order valence-corrected chi connectivity index (χ0v) is 71.8. The number of aliphatic hydroxyl groups is 5. The summed E-state index contributed by atoms with van der Waals surface area (Å²) in [5.41, 5.74) is -14.8. The van der Waals surface area contributed by atoms with Gasteiger partial charge >= 0.3 is 30.4 Å². The van der Waals surface area contributed by atoms with Crippen LogP contribution in [-0.4, -0.2) is 161 Å². The highest BCUT2D eigenvalue weighted by Crippen LogP contribution is 2.38. The van der Waals surface area contributed by atoms with E-state index in [9.17, 15) is 122 Å². The van der Waals surface area contributed by atoms with Crippen molar-refractivity contribution in [3.63, 3.8) is 0 Å². The molecular weight excluding hydrogens is 1960 g/mol. The minimum Gasteiger partial charge on any atom is -0.379 e. The van der Waals surface area contributed by atoms with E-state index in [2.05, 4.69) is 126 Å². The lowest BCUT2D eigenvalue weighted by atomic mass is 10.0. The lowest BCUT2D eigenvalue weighted by molar-refractivity contribution is -0.385. The van der Waals surface area contributed by atoms with Gasteiger partial charge in [-0.05, 0) is 133 Å². The van der Waals surface area contributed by atoms with Gasteiger partial charge in [-0.1, -0.05) is 63.7 Å². The van der Waals surface area contributed by atoms with E-state index in [1.807, 2.05) is 6.07 Å². The van der Waals surface area contributed by atoms with Crippen LogP contribution in [0.15, 0.2) is 141 Å². The number of Topliss-reactive ketones (excluding diaryl/α,β-unsaturated/α-hetero) is 1. The maximum absolute atomic E-state index is 13.0. The number of amides is 6. The van der Waals surface area contributed by atoms with Crippen molar-refractivity contribution in [1.29, 1.82) is 26.3 Å². The smallest absolute Gasteiger partial charge is 0.379 e. The van der Waals surface area contributed by atoms with Crippen LogP contribution in [0.25, 0.3) is 10.9 Å². The molecule has 6 amide bonds. The Morgan fingerprint density at radius 2 is 0.817 bits per heavy atom. The minimum atomic E-state index is -4.80. The molecule has 0 aliphatic rings. The number of benzene rings is 4.